The van der Waals surface area contributed by atoms with E-state index in [9.17, 15) is 14.4 Å². The van der Waals surface area contributed by atoms with Crippen LogP contribution in [-0.2, 0) is 14.2 Å². The van der Waals surface area contributed by atoms with Crippen LogP contribution in [0.4, 0.5) is 0 Å². The third-order valence-electron chi connectivity index (χ3n) is 6.87. The lowest BCUT2D eigenvalue weighted by molar-refractivity contribution is 0.0380. The Balaban J connectivity index is 3.12. The van der Waals surface area contributed by atoms with Gasteiger partial charge in [-0.3, -0.25) is 0 Å². The van der Waals surface area contributed by atoms with Crippen molar-refractivity contribution in [3.8, 4) is 0 Å². The Morgan fingerprint density at radius 1 is 0.583 bits per heavy atom. The molecule has 0 saturated heterocycles. The highest BCUT2D eigenvalue weighted by molar-refractivity contribution is 6.05. The zero-order valence-corrected chi connectivity index (χ0v) is 23.4. The average Bonchev–Trinajstić information content (AvgIpc) is 2.90. The van der Waals surface area contributed by atoms with E-state index in [1.807, 2.05) is 0 Å². The highest BCUT2D eigenvalue weighted by Crippen LogP contribution is 2.20. The van der Waals surface area contributed by atoms with Gasteiger partial charge >= 0.3 is 17.9 Å². The minimum Gasteiger partial charge on any atom is -0.462 e. The summed E-state index contributed by atoms with van der Waals surface area (Å²) in [6.07, 6.45) is 8.68. The third kappa shape index (κ3) is 10.7. The smallest absolute Gasteiger partial charge is 0.339 e. The molecule has 3 unspecified atom stereocenters. The Morgan fingerprint density at radius 2 is 0.972 bits per heavy atom. The van der Waals surface area contributed by atoms with Gasteiger partial charge in [0, 0.05) is 0 Å². The molecule has 0 aliphatic rings. The van der Waals surface area contributed by atoms with Gasteiger partial charge in [-0.2, -0.15) is 0 Å². The first-order valence-corrected chi connectivity index (χ1v) is 14.0. The van der Waals surface area contributed by atoms with Crippen LogP contribution in [0.2, 0.25) is 0 Å². The summed E-state index contributed by atoms with van der Waals surface area (Å²) >= 11 is 0. The molecular weight excluding hydrogens is 456 g/mol. The first-order chi connectivity index (χ1) is 17.3. The van der Waals surface area contributed by atoms with Crippen LogP contribution in [0.25, 0.3) is 0 Å². The molecule has 0 saturated carbocycles. The van der Waals surface area contributed by atoms with Crippen LogP contribution in [0.15, 0.2) is 18.2 Å². The minimum atomic E-state index is -0.621. The van der Waals surface area contributed by atoms with Crippen LogP contribution in [0.5, 0.6) is 0 Å². The summed E-state index contributed by atoms with van der Waals surface area (Å²) in [4.78, 5) is 38.8. The highest BCUT2D eigenvalue weighted by atomic mass is 16.5. The average molecular weight is 505 g/mol. The highest BCUT2D eigenvalue weighted by Gasteiger charge is 2.24. The number of carbonyl (C=O) groups is 3. The predicted octanol–water partition coefficient (Wildman–Crippen LogP) is 7.64. The van der Waals surface area contributed by atoms with Crippen molar-refractivity contribution >= 4 is 17.9 Å². The zero-order valence-electron chi connectivity index (χ0n) is 23.4. The summed E-state index contributed by atoms with van der Waals surface area (Å²) < 4.78 is 16.7. The Kier molecular flexibility index (Phi) is 15.8. The summed E-state index contributed by atoms with van der Waals surface area (Å²) in [6.45, 7) is 13.4. The summed E-state index contributed by atoms with van der Waals surface area (Å²) in [5.41, 5.74) is 0.386. The molecule has 0 aliphatic carbocycles. The maximum Gasteiger partial charge on any atom is 0.339 e. The normalized spacial score (nSPS) is 13.5. The van der Waals surface area contributed by atoms with Crippen molar-refractivity contribution in [2.45, 2.75) is 99.3 Å². The number of rotatable bonds is 18. The van der Waals surface area contributed by atoms with E-state index in [2.05, 4.69) is 41.5 Å². The van der Waals surface area contributed by atoms with Crippen molar-refractivity contribution in [3.05, 3.63) is 34.9 Å². The molecule has 0 amide bonds. The zero-order chi connectivity index (χ0) is 26.9. The van der Waals surface area contributed by atoms with Gasteiger partial charge in [0.05, 0.1) is 36.5 Å². The third-order valence-corrected chi connectivity index (χ3v) is 6.87. The molecule has 0 bridgehead atoms. The van der Waals surface area contributed by atoms with Gasteiger partial charge in [0.15, 0.2) is 0 Å². The van der Waals surface area contributed by atoms with E-state index < -0.39 is 17.9 Å². The summed E-state index contributed by atoms with van der Waals surface area (Å²) in [5, 5.41) is 0. The second kappa shape index (κ2) is 18.0. The Morgan fingerprint density at radius 3 is 1.36 bits per heavy atom. The molecule has 0 fully saturated rings. The molecular formula is C30H48O6. The Bertz CT molecular complexity index is 803. The van der Waals surface area contributed by atoms with E-state index in [1.54, 1.807) is 0 Å². The van der Waals surface area contributed by atoms with Gasteiger partial charge in [0.25, 0.3) is 0 Å². The van der Waals surface area contributed by atoms with Crippen LogP contribution in [0, 0.1) is 17.8 Å². The number of benzene rings is 1. The largest absolute Gasteiger partial charge is 0.462 e. The van der Waals surface area contributed by atoms with Gasteiger partial charge < -0.3 is 14.2 Å². The van der Waals surface area contributed by atoms with Crippen LogP contribution in [-0.4, -0.2) is 37.7 Å². The molecule has 3 atom stereocenters. The first-order valence-electron chi connectivity index (χ1n) is 14.0. The number of carbonyl (C=O) groups excluding carboxylic acids is 3. The van der Waals surface area contributed by atoms with Gasteiger partial charge in [-0.25, -0.2) is 14.4 Å². The van der Waals surface area contributed by atoms with Crippen LogP contribution in [0.1, 0.15) is 130 Å². The molecule has 6 nitrogen and oxygen atoms in total. The van der Waals surface area contributed by atoms with Gasteiger partial charge in [-0.1, -0.05) is 80.1 Å². The number of ether oxygens (including phenoxy) is 3. The summed E-state index contributed by atoms with van der Waals surface area (Å²) in [5.74, 6) is -0.874. The van der Waals surface area contributed by atoms with Crippen LogP contribution < -0.4 is 0 Å². The lowest BCUT2D eigenvalue weighted by atomic mass is 10.0. The molecule has 0 aromatic heterocycles. The lowest BCUT2D eigenvalue weighted by Gasteiger charge is -2.17. The molecule has 0 N–H and O–H groups in total. The van der Waals surface area contributed by atoms with Gasteiger partial charge in [0.2, 0.25) is 0 Å². The molecule has 204 valence electrons. The van der Waals surface area contributed by atoms with E-state index in [1.165, 1.54) is 18.2 Å². The predicted molar refractivity (Wildman–Crippen MR) is 143 cm³/mol. The minimum absolute atomic E-state index is 0.0462. The summed E-state index contributed by atoms with van der Waals surface area (Å²) in [6, 6.07) is 4.40. The molecule has 1 aromatic carbocycles. The monoisotopic (exact) mass is 504 g/mol. The van der Waals surface area contributed by atoms with Crippen LogP contribution in [0.3, 0.4) is 0 Å². The van der Waals surface area contributed by atoms with E-state index in [4.69, 9.17) is 14.2 Å². The second-order valence-electron chi connectivity index (χ2n) is 9.74. The number of hydrogen-bond acceptors (Lipinski definition) is 6. The molecule has 1 aromatic rings. The van der Waals surface area contributed by atoms with Crippen molar-refractivity contribution in [1.29, 1.82) is 0 Å². The number of hydrogen-bond donors (Lipinski definition) is 0. The van der Waals surface area contributed by atoms with Gasteiger partial charge in [0.1, 0.15) is 0 Å². The fourth-order valence-corrected chi connectivity index (χ4v) is 4.28. The molecule has 0 aliphatic heterocycles. The van der Waals surface area contributed by atoms with Crippen LogP contribution >= 0.6 is 0 Å². The van der Waals surface area contributed by atoms with E-state index >= 15 is 0 Å². The van der Waals surface area contributed by atoms with Crippen molar-refractivity contribution in [2.24, 2.45) is 17.8 Å². The lowest BCUT2D eigenvalue weighted by Crippen LogP contribution is -2.20. The molecule has 6 heteroatoms. The van der Waals surface area contributed by atoms with E-state index in [0.717, 1.165) is 57.8 Å². The second-order valence-corrected chi connectivity index (χ2v) is 9.74. The van der Waals surface area contributed by atoms with E-state index in [-0.39, 0.29) is 35.1 Å². The maximum atomic E-state index is 13.1. The van der Waals surface area contributed by atoms with Crippen molar-refractivity contribution in [3.63, 3.8) is 0 Å². The molecule has 0 heterocycles. The maximum absolute atomic E-state index is 13.1. The van der Waals surface area contributed by atoms with Crippen molar-refractivity contribution in [1.82, 2.24) is 0 Å². The van der Waals surface area contributed by atoms with Crippen molar-refractivity contribution < 1.29 is 28.6 Å². The number of esters is 3. The molecule has 36 heavy (non-hydrogen) atoms. The fourth-order valence-electron chi connectivity index (χ4n) is 4.28. The fraction of sp³-hybridized carbons (Fsp3) is 0.700. The first kappa shape index (κ1) is 31.7. The topological polar surface area (TPSA) is 78.9 Å². The Hall–Kier alpha value is -2.37. The van der Waals surface area contributed by atoms with E-state index in [0.29, 0.717) is 19.1 Å². The van der Waals surface area contributed by atoms with Crippen molar-refractivity contribution in [2.75, 3.05) is 19.8 Å². The molecule has 0 spiro atoms. The Labute approximate surface area is 218 Å². The standard InChI is InChI=1S/C30H48O6/c1-7-13-22(10-4)19-34-28(31)25-16-17-26(29(32)35-20-23(11-5)14-8-2)27(18-25)30(33)36-21-24(12-6)15-9-3/h16-18,22-24H,7-15,19-21H2,1-6H3. The molecule has 1 rings (SSSR count). The van der Waals surface area contributed by atoms with Gasteiger partial charge in [-0.05, 0) is 55.2 Å². The molecule has 0 radical (unpaired) electrons. The van der Waals surface area contributed by atoms with Gasteiger partial charge in [-0.15, -0.1) is 0 Å². The SMILES string of the molecule is CCCC(CC)COC(=O)c1ccc(C(=O)OCC(CC)CCC)c(C(=O)OCC(CC)CCC)c1. The summed E-state index contributed by atoms with van der Waals surface area (Å²) in [7, 11) is 0. The quantitative estimate of drug-likeness (QED) is 0.151.